The van der Waals surface area contributed by atoms with Gasteiger partial charge in [0.1, 0.15) is 18.2 Å². The molecule has 7 nitrogen and oxygen atoms in total. The zero-order valence-corrected chi connectivity index (χ0v) is 12.9. The Hall–Kier alpha value is -1.54. The lowest BCUT2D eigenvalue weighted by Crippen LogP contribution is -2.47. The fourth-order valence-corrected chi connectivity index (χ4v) is 2.79. The van der Waals surface area contributed by atoms with Crippen molar-refractivity contribution in [2.75, 3.05) is 31.6 Å². The molecule has 0 saturated carbocycles. The monoisotopic (exact) mass is 338 g/mol. The van der Waals surface area contributed by atoms with Crippen molar-refractivity contribution in [1.82, 2.24) is 25.0 Å². The molecule has 0 aliphatic carbocycles. The molecule has 0 N–H and O–H groups in total. The van der Waals surface area contributed by atoms with Gasteiger partial charge in [-0.3, -0.25) is 4.90 Å². The van der Waals surface area contributed by atoms with Gasteiger partial charge in [-0.2, -0.15) is 4.98 Å². The molecule has 0 unspecified atom stereocenters. The third kappa shape index (κ3) is 2.53. The lowest BCUT2D eigenvalue weighted by atomic mass is 10.2. The number of hydrogen-bond acceptors (Lipinski definition) is 7. The van der Waals surface area contributed by atoms with Gasteiger partial charge in [-0.25, -0.2) is 9.97 Å². The topological polar surface area (TPSA) is 71.2 Å². The quantitative estimate of drug-likeness (QED) is 0.819. The molecule has 8 heteroatoms. The molecule has 0 radical (unpaired) electrons. The predicted molar refractivity (Wildman–Crippen MR) is 76.4 cm³/mol. The Morgan fingerprint density at radius 1 is 1.40 bits per heavy atom. The van der Waals surface area contributed by atoms with Gasteiger partial charge in [-0.05, 0) is 29.9 Å². The Morgan fingerprint density at radius 3 is 2.95 bits per heavy atom. The minimum Gasteiger partial charge on any atom is -0.352 e. The summed E-state index contributed by atoms with van der Waals surface area (Å²) in [6.07, 6.45) is 3.32. The van der Waals surface area contributed by atoms with Crippen molar-refractivity contribution in [2.24, 2.45) is 0 Å². The molecule has 3 rings (SSSR count). The van der Waals surface area contributed by atoms with Crippen LogP contribution in [0.2, 0.25) is 0 Å². The molecule has 0 bridgehead atoms. The van der Waals surface area contributed by atoms with E-state index in [4.69, 9.17) is 4.52 Å². The maximum Gasteiger partial charge on any atom is 0.245 e. The van der Waals surface area contributed by atoms with Crippen LogP contribution in [0.4, 0.5) is 5.82 Å². The number of aryl methyl sites for hydroxylation is 1. The summed E-state index contributed by atoms with van der Waals surface area (Å²) in [5.41, 5.74) is 0. The van der Waals surface area contributed by atoms with E-state index in [9.17, 15) is 0 Å². The highest BCUT2D eigenvalue weighted by Crippen LogP contribution is 2.29. The molecule has 0 spiro atoms. The summed E-state index contributed by atoms with van der Waals surface area (Å²) in [5, 5.41) is 3.88. The molecular weight excluding hydrogens is 324 g/mol. The first-order valence-electron chi connectivity index (χ1n) is 6.36. The van der Waals surface area contributed by atoms with Crippen molar-refractivity contribution < 1.29 is 4.52 Å². The molecule has 106 valence electrons. The van der Waals surface area contributed by atoms with Crippen molar-refractivity contribution in [2.45, 2.75) is 13.0 Å². The average molecular weight is 339 g/mol. The Morgan fingerprint density at radius 2 is 2.25 bits per heavy atom. The minimum absolute atomic E-state index is 0.0758. The predicted octanol–water partition coefficient (Wildman–Crippen LogP) is 1.42. The molecule has 2 aromatic heterocycles. The maximum atomic E-state index is 5.31. The van der Waals surface area contributed by atoms with Crippen LogP contribution in [0.5, 0.6) is 0 Å². The summed E-state index contributed by atoms with van der Waals surface area (Å²) in [7, 11) is 2.07. The van der Waals surface area contributed by atoms with Gasteiger partial charge in [0.25, 0.3) is 0 Å². The Labute approximate surface area is 125 Å². The van der Waals surface area contributed by atoms with Crippen LogP contribution in [0.15, 0.2) is 21.5 Å². The molecule has 2 aromatic rings. The largest absolute Gasteiger partial charge is 0.352 e. The zero-order valence-electron chi connectivity index (χ0n) is 11.3. The van der Waals surface area contributed by atoms with Gasteiger partial charge in [0.2, 0.25) is 5.89 Å². The van der Waals surface area contributed by atoms with Crippen molar-refractivity contribution in [3.63, 3.8) is 0 Å². The summed E-state index contributed by atoms with van der Waals surface area (Å²) in [6, 6.07) is 0.0758. The molecule has 1 fully saturated rings. The number of rotatable bonds is 2. The molecule has 1 saturated heterocycles. The van der Waals surface area contributed by atoms with Gasteiger partial charge in [0, 0.05) is 25.8 Å². The standard InChI is InChI=1S/C12H15BrN6O/c1-8-16-12(20-17-8)10-6-19(4-3-18(10)2)11-9(13)5-14-7-15-11/h5,7,10H,3-4,6H2,1-2H3/t10-/m0/s1. The van der Waals surface area contributed by atoms with Crippen LogP contribution in [0.1, 0.15) is 17.8 Å². The van der Waals surface area contributed by atoms with Crippen LogP contribution in [0.25, 0.3) is 0 Å². The van der Waals surface area contributed by atoms with Gasteiger partial charge < -0.3 is 9.42 Å². The fourth-order valence-electron chi connectivity index (χ4n) is 2.32. The van der Waals surface area contributed by atoms with Gasteiger partial charge in [0.15, 0.2) is 5.82 Å². The van der Waals surface area contributed by atoms with Crippen LogP contribution in [0.3, 0.4) is 0 Å². The third-order valence-electron chi connectivity index (χ3n) is 3.42. The summed E-state index contributed by atoms with van der Waals surface area (Å²) in [6.45, 7) is 4.39. The lowest BCUT2D eigenvalue weighted by Gasteiger charge is -2.38. The zero-order chi connectivity index (χ0) is 14.1. The van der Waals surface area contributed by atoms with Crippen molar-refractivity contribution >= 4 is 21.7 Å². The van der Waals surface area contributed by atoms with Gasteiger partial charge in [0.05, 0.1) is 4.47 Å². The average Bonchev–Trinajstić information content (AvgIpc) is 2.87. The van der Waals surface area contributed by atoms with E-state index in [-0.39, 0.29) is 6.04 Å². The third-order valence-corrected chi connectivity index (χ3v) is 3.98. The Bertz CT molecular complexity index is 603. The SMILES string of the molecule is Cc1noc([C@@H]2CN(c3ncncc3Br)CCN2C)n1. The fraction of sp³-hybridized carbons (Fsp3) is 0.500. The Kier molecular flexibility index (Phi) is 3.66. The normalized spacial score (nSPS) is 20.4. The van der Waals surface area contributed by atoms with Crippen LogP contribution in [-0.2, 0) is 0 Å². The molecule has 0 aromatic carbocycles. The van der Waals surface area contributed by atoms with Crippen molar-refractivity contribution in [1.29, 1.82) is 0 Å². The number of likely N-dealkylation sites (N-methyl/N-ethyl adjacent to an activating group) is 1. The van der Waals surface area contributed by atoms with E-state index in [1.54, 1.807) is 12.5 Å². The Balaban J connectivity index is 1.85. The van der Waals surface area contributed by atoms with E-state index in [0.29, 0.717) is 11.7 Å². The van der Waals surface area contributed by atoms with Crippen LogP contribution in [-0.4, -0.2) is 51.7 Å². The number of anilines is 1. The number of aromatic nitrogens is 4. The smallest absolute Gasteiger partial charge is 0.245 e. The van der Waals surface area contributed by atoms with Gasteiger partial charge in [-0.15, -0.1) is 0 Å². The molecular formula is C12H15BrN6O. The molecule has 20 heavy (non-hydrogen) atoms. The van der Waals surface area contributed by atoms with Gasteiger partial charge >= 0.3 is 0 Å². The summed E-state index contributed by atoms with van der Waals surface area (Å²) < 4.78 is 6.21. The summed E-state index contributed by atoms with van der Waals surface area (Å²) in [5.74, 6) is 2.21. The number of nitrogens with zero attached hydrogens (tertiary/aromatic N) is 6. The first-order valence-corrected chi connectivity index (χ1v) is 7.15. The number of piperazine rings is 1. The second kappa shape index (κ2) is 5.45. The molecule has 3 heterocycles. The van der Waals surface area contributed by atoms with Crippen molar-refractivity contribution in [3.8, 4) is 0 Å². The molecule has 1 aliphatic heterocycles. The number of hydrogen-bond donors (Lipinski definition) is 0. The first kappa shape index (κ1) is 13.4. The molecule has 1 atom stereocenters. The molecule has 0 amide bonds. The lowest BCUT2D eigenvalue weighted by molar-refractivity contribution is 0.177. The second-order valence-electron chi connectivity index (χ2n) is 4.82. The highest BCUT2D eigenvalue weighted by molar-refractivity contribution is 9.10. The van der Waals surface area contributed by atoms with Crippen LogP contribution < -0.4 is 4.90 Å². The van der Waals surface area contributed by atoms with E-state index < -0.39 is 0 Å². The van der Waals surface area contributed by atoms with E-state index in [2.05, 4.69) is 52.9 Å². The van der Waals surface area contributed by atoms with Gasteiger partial charge in [-0.1, -0.05) is 5.16 Å². The molecule has 1 aliphatic rings. The summed E-state index contributed by atoms with van der Waals surface area (Å²) >= 11 is 3.50. The van der Waals surface area contributed by atoms with Crippen molar-refractivity contribution in [3.05, 3.63) is 28.7 Å². The summed E-state index contributed by atoms with van der Waals surface area (Å²) in [4.78, 5) is 17.1. The van der Waals surface area contributed by atoms with E-state index in [1.807, 2.05) is 6.92 Å². The van der Waals surface area contributed by atoms with Crippen LogP contribution in [0, 0.1) is 6.92 Å². The van der Waals surface area contributed by atoms with Crippen LogP contribution >= 0.6 is 15.9 Å². The second-order valence-corrected chi connectivity index (χ2v) is 5.67. The highest BCUT2D eigenvalue weighted by atomic mass is 79.9. The first-order chi connectivity index (χ1) is 9.65. The van der Waals surface area contributed by atoms with E-state index in [0.717, 1.165) is 29.9 Å². The maximum absolute atomic E-state index is 5.31. The highest BCUT2D eigenvalue weighted by Gasteiger charge is 2.31. The van der Waals surface area contributed by atoms with E-state index in [1.165, 1.54) is 0 Å². The van der Waals surface area contributed by atoms with E-state index >= 15 is 0 Å². The minimum atomic E-state index is 0.0758. The number of halogens is 1.